The Hall–Kier alpha value is -2.80. The third-order valence-electron chi connectivity index (χ3n) is 3.85. The van der Waals surface area contributed by atoms with E-state index < -0.39 is 5.97 Å². The van der Waals surface area contributed by atoms with Gasteiger partial charge in [0, 0.05) is 11.4 Å². The highest BCUT2D eigenvalue weighted by molar-refractivity contribution is 8.00. The number of thioether (sulfide) groups is 1. The monoisotopic (exact) mass is 386 g/mol. The summed E-state index contributed by atoms with van der Waals surface area (Å²) in [6.45, 7) is 4.00. The van der Waals surface area contributed by atoms with Gasteiger partial charge < -0.3 is 15.4 Å². The van der Waals surface area contributed by atoms with E-state index in [0.717, 1.165) is 11.3 Å². The number of hydrogen-bond donors (Lipinski definition) is 2. The highest BCUT2D eigenvalue weighted by atomic mass is 32.2. The topological polar surface area (TPSA) is 84.5 Å². The molecule has 0 fully saturated rings. The molecule has 0 aliphatic heterocycles. The first kappa shape index (κ1) is 20.5. The van der Waals surface area contributed by atoms with Crippen LogP contribution in [0.3, 0.4) is 0 Å². The number of hydrogen-bond acceptors (Lipinski definition) is 5. The Kier molecular flexibility index (Phi) is 7.43. The minimum Gasteiger partial charge on any atom is -0.465 e. The molecule has 27 heavy (non-hydrogen) atoms. The van der Waals surface area contributed by atoms with Gasteiger partial charge in [-0.1, -0.05) is 6.07 Å². The van der Waals surface area contributed by atoms with E-state index in [2.05, 4.69) is 15.4 Å². The average molecular weight is 386 g/mol. The van der Waals surface area contributed by atoms with Crippen molar-refractivity contribution in [3.8, 4) is 0 Å². The van der Waals surface area contributed by atoms with Crippen LogP contribution in [0.2, 0.25) is 0 Å². The van der Waals surface area contributed by atoms with Gasteiger partial charge in [-0.15, -0.1) is 11.8 Å². The van der Waals surface area contributed by atoms with Crippen LogP contribution in [0.1, 0.15) is 21.5 Å². The molecule has 0 aliphatic rings. The van der Waals surface area contributed by atoms with E-state index >= 15 is 0 Å². The zero-order chi connectivity index (χ0) is 19.8. The molecule has 2 aromatic carbocycles. The number of ether oxygens (including phenoxy) is 1. The number of carbonyl (C=O) groups is 3. The molecular formula is C20H22N2O4S. The van der Waals surface area contributed by atoms with E-state index in [1.54, 1.807) is 24.3 Å². The van der Waals surface area contributed by atoms with Crippen LogP contribution in [0, 0.1) is 13.8 Å². The smallest absolute Gasteiger partial charge is 0.337 e. The van der Waals surface area contributed by atoms with Gasteiger partial charge in [-0.2, -0.15) is 0 Å². The molecule has 0 bridgehead atoms. The molecule has 0 saturated heterocycles. The van der Waals surface area contributed by atoms with Crippen molar-refractivity contribution in [1.82, 2.24) is 0 Å². The minimum atomic E-state index is -0.432. The molecule has 0 unspecified atom stereocenters. The zero-order valence-electron chi connectivity index (χ0n) is 15.5. The lowest BCUT2D eigenvalue weighted by molar-refractivity contribution is -0.114. The lowest BCUT2D eigenvalue weighted by Gasteiger charge is -2.08. The molecular weight excluding hydrogens is 364 g/mol. The zero-order valence-corrected chi connectivity index (χ0v) is 16.3. The molecule has 0 heterocycles. The highest BCUT2D eigenvalue weighted by Crippen LogP contribution is 2.15. The Bertz CT molecular complexity index is 834. The lowest BCUT2D eigenvalue weighted by Crippen LogP contribution is -2.18. The van der Waals surface area contributed by atoms with E-state index in [0.29, 0.717) is 11.3 Å². The standard InChI is InChI=1S/C20H22N2O4S/c1-13-4-7-17(10-14(13)2)22-19(24)12-27-11-18(23)21-16-8-5-15(6-9-16)20(25)26-3/h4-10H,11-12H2,1-3H3,(H,21,23)(H,22,24). The first-order chi connectivity index (χ1) is 12.9. The first-order valence-electron chi connectivity index (χ1n) is 8.32. The van der Waals surface area contributed by atoms with Crippen molar-refractivity contribution in [2.24, 2.45) is 0 Å². The summed E-state index contributed by atoms with van der Waals surface area (Å²) in [4.78, 5) is 35.3. The summed E-state index contributed by atoms with van der Waals surface area (Å²) in [5.74, 6) is -0.470. The van der Waals surface area contributed by atoms with Crippen LogP contribution in [0.4, 0.5) is 11.4 Å². The van der Waals surface area contributed by atoms with Crippen LogP contribution in [-0.2, 0) is 14.3 Å². The Labute approximate surface area is 162 Å². The van der Waals surface area contributed by atoms with E-state index in [9.17, 15) is 14.4 Å². The van der Waals surface area contributed by atoms with Crippen molar-refractivity contribution in [3.05, 3.63) is 59.2 Å². The Morgan fingerprint density at radius 1 is 0.852 bits per heavy atom. The van der Waals surface area contributed by atoms with Gasteiger partial charge in [-0.3, -0.25) is 9.59 Å². The SMILES string of the molecule is COC(=O)c1ccc(NC(=O)CSCC(=O)Nc2ccc(C)c(C)c2)cc1. The summed E-state index contributed by atoms with van der Waals surface area (Å²) < 4.78 is 4.62. The van der Waals surface area contributed by atoms with Crippen molar-refractivity contribution >= 4 is 40.9 Å². The Morgan fingerprint density at radius 3 is 1.96 bits per heavy atom. The van der Waals surface area contributed by atoms with Gasteiger partial charge in [0.05, 0.1) is 24.2 Å². The van der Waals surface area contributed by atoms with Gasteiger partial charge in [0.2, 0.25) is 11.8 Å². The summed E-state index contributed by atoms with van der Waals surface area (Å²) in [5.41, 5.74) is 4.01. The van der Waals surface area contributed by atoms with Crippen LogP contribution in [0.25, 0.3) is 0 Å². The minimum absolute atomic E-state index is 0.152. The average Bonchev–Trinajstić information content (AvgIpc) is 2.64. The fourth-order valence-electron chi connectivity index (χ4n) is 2.26. The summed E-state index contributed by atoms with van der Waals surface area (Å²) >= 11 is 1.23. The van der Waals surface area contributed by atoms with Crippen LogP contribution >= 0.6 is 11.8 Å². The molecule has 0 radical (unpaired) electrons. The number of methoxy groups -OCH3 is 1. The fourth-order valence-corrected chi connectivity index (χ4v) is 2.87. The molecule has 2 amide bonds. The quantitative estimate of drug-likeness (QED) is 0.713. The normalized spacial score (nSPS) is 10.2. The maximum atomic E-state index is 12.0. The van der Waals surface area contributed by atoms with Crippen LogP contribution in [0.15, 0.2) is 42.5 Å². The Balaban J connectivity index is 1.74. The fraction of sp³-hybridized carbons (Fsp3) is 0.250. The number of anilines is 2. The predicted molar refractivity (Wildman–Crippen MR) is 108 cm³/mol. The predicted octanol–water partition coefficient (Wildman–Crippen LogP) is 3.40. The van der Waals surface area contributed by atoms with Gasteiger partial charge in [0.15, 0.2) is 0 Å². The van der Waals surface area contributed by atoms with Crippen molar-refractivity contribution in [3.63, 3.8) is 0 Å². The number of amides is 2. The highest BCUT2D eigenvalue weighted by Gasteiger charge is 2.08. The van der Waals surface area contributed by atoms with Gasteiger partial charge in [0.1, 0.15) is 0 Å². The van der Waals surface area contributed by atoms with Crippen LogP contribution < -0.4 is 10.6 Å². The Morgan fingerprint density at radius 2 is 1.41 bits per heavy atom. The van der Waals surface area contributed by atoms with E-state index in [1.165, 1.54) is 24.4 Å². The molecule has 142 valence electrons. The second-order valence-electron chi connectivity index (χ2n) is 5.96. The third kappa shape index (κ3) is 6.45. The lowest BCUT2D eigenvalue weighted by atomic mass is 10.1. The van der Waals surface area contributed by atoms with Crippen molar-refractivity contribution in [2.45, 2.75) is 13.8 Å². The summed E-state index contributed by atoms with van der Waals surface area (Å²) in [6.07, 6.45) is 0. The molecule has 0 saturated carbocycles. The second-order valence-corrected chi connectivity index (χ2v) is 6.94. The van der Waals surface area contributed by atoms with Crippen molar-refractivity contribution in [2.75, 3.05) is 29.2 Å². The molecule has 0 atom stereocenters. The summed E-state index contributed by atoms with van der Waals surface area (Å²) in [5, 5.41) is 5.54. The summed E-state index contributed by atoms with van der Waals surface area (Å²) in [6, 6.07) is 12.1. The number of esters is 1. The summed E-state index contributed by atoms with van der Waals surface area (Å²) in [7, 11) is 1.31. The third-order valence-corrected chi connectivity index (χ3v) is 4.78. The molecule has 7 heteroatoms. The molecule has 2 aromatic rings. The largest absolute Gasteiger partial charge is 0.465 e. The van der Waals surface area contributed by atoms with E-state index in [4.69, 9.17) is 0 Å². The van der Waals surface area contributed by atoms with Gasteiger partial charge >= 0.3 is 5.97 Å². The number of nitrogens with one attached hydrogen (secondary N) is 2. The second kappa shape index (κ2) is 9.78. The van der Waals surface area contributed by atoms with Crippen LogP contribution in [0.5, 0.6) is 0 Å². The first-order valence-corrected chi connectivity index (χ1v) is 9.47. The maximum absolute atomic E-state index is 12.0. The van der Waals surface area contributed by atoms with Gasteiger partial charge in [-0.05, 0) is 61.4 Å². The van der Waals surface area contributed by atoms with E-state index in [-0.39, 0.29) is 23.3 Å². The van der Waals surface area contributed by atoms with Crippen molar-refractivity contribution < 1.29 is 19.1 Å². The van der Waals surface area contributed by atoms with Crippen molar-refractivity contribution in [1.29, 1.82) is 0 Å². The number of benzene rings is 2. The number of carbonyl (C=O) groups excluding carboxylic acids is 3. The molecule has 0 aromatic heterocycles. The molecule has 2 rings (SSSR count). The molecule has 6 nitrogen and oxygen atoms in total. The van der Waals surface area contributed by atoms with Crippen LogP contribution in [-0.4, -0.2) is 36.4 Å². The molecule has 0 spiro atoms. The van der Waals surface area contributed by atoms with E-state index in [1.807, 2.05) is 32.0 Å². The number of rotatable bonds is 7. The van der Waals surface area contributed by atoms with Gasteiger partial charge in [0.25, 0.3) is 0 Å². The maximum Gasteiger partial charge on any atom is 0.337 e. The molecule has 0 aliphatic carbocycles. The molecule has 2 N–H and O–H groups in total. The number of aryl methyl sites for hydroxylation is 2. The van der Waals surface area contributed by atoms with Gasteiger partial charge in [-0.25, -0.2) is 4.79 Å².